The molecule has 1 heterocycles. The molecule has 0 radical (unpaired) electrons. The van der Waals surface area contributed by atoms with Crippen molar-refractivity contribution in [2.45, 2.75) is 39.2 Å². The summed E-state index contributed by atoms with van der Waals surface area (Å²) in [6.45, 7) is 6.18. The van der Waals surface area contributed by atoms with Crippen LogP contribution in [0.4, 0.5) is 0 Å². The van der Waals surface area contributed by atoms with Gasteiger partial charge in [0.05, 0.1) is 6.04 Å². The van der Waals surface area contributed by atoms with Gasteiger partial charge >= 0.3 is 0 Å². The van der Waals surface area contributed by atoms with E-state index in [0.29, 0.717) is 25.9 Å². The molecule has 0 bridgehead atoms. The lowest BCUT2D eigenvalue weighted by Crippen LogP contribution is -2.45. The van der Waals surface area contributed by atoms with Gasteiger partial charge in [-0.2, -0.15) is 0 Å². The van der Waals surface area contributed by atoms with E-state index in [1.165, 1.54) is 0 Å². The van der Waals surface area contributed by atoms with Crippen LogP contribution in [0.2, 0.25) is 0 Å². The van der Waals surface area contributed by atoms with Crippen LogP contribution in [-0.4, -0.2) is 41.2 Å². The maximum absolute atomic E-state index is 13.4. The fraction of sp³-hybridized carbons (Fsp3) is 0.385. The molecule has 0 aliphatic carbocycles. The Morgan fingerprint density at radius 2 is 1.74 bits per heavy atom. The molecule has 0 saturated carbocycles. The lowest BCUT2D eigenvalue weighted by molar-refractivity contribution is -0.141. The SMILES string of the molecule is CCCN(C(=O)C1CCN(C(=O)/C=C/c2ccccc2)CC1)C(C)c1ccccc1Br. The van der Waals surface area contributed by atoms with Crippen LogP contribution in [0, 0.1) is 5.92 Å². The standard InChI is InChI=1S/C26H31BrN2O2/c1-3-17-29(20(2)23-11-7-8-12-24(23)27)26(31)22-15-18-28(19-16-22)25(30)14-13-21-9-5-4-6-10-21/h4-14,20,22H,3,15-19H2,1-2H3/b14-13+. The molecule has 2 aromatic rings. The summed E-state index contributed by atoms with van der Waals surface area (Å²) in [6.07, 6.45) is 5.83. The summed E-state index contributed by atoms with van der Waals surface area (Å²) in [5.41, 5.74) is 2.14. The number of carbonyl (C=O) groups excluding carboxylic acids is 2. The largest absolute Gasteiger partial charge is 0.339 e. The lowest BCUT2D eigenvalue weighted by atomic mass is 9.93. The topological polar surface area (TPSA) is 40.6 Å². The first-order valence-electron chi connectivity index (χ1n) is 11.1. The molecule has 1 aliphatic heterocycles. The molecule has 0 spiro atoms. The summed E-state index contributed by atoms with van der Waals surface area (Å²) in [6, 6.07) is 17.9. The molecule has 0 N–H and O–H groups in total. The maximum atomic E-state index is 13.4. The maximum Gasteiger partial charge on any atom is 0.246 e. The van der Waals surface area contributed by atoms with Gasteiger partial charge in [-0.05, 0) is 49.5 Å². The van der Waals surface area contributed by atoms with E-state index in [2.05, 4.69) is 35.8 Å². The second-order valence-corrected chi connectivity index (χ2v) is 8.93. The van der Waals surface area contributed by atoms with E-state index in [9.17, 15) is 9.59 Å². The summed E-state index contributed by atoms with van der Waals surface area (Å²) in [5.74, 6) is 0.192. The molecule has 31 heavy (non-hydrogen) atoms. The van der Waals surface area contributed by atoms with Gasteiger partial charge in [0, 0.05) is 36.1 Å². The van der Waals surface area contributed by atoms with Gasteiger partial charge in [-0.3, -0.25) is 9.59 Å². The number of likely N-dealkylation sites (tertiary alicyclic amines) is 1. The molecule has 1 aliphatic rings. The van der Waals surface area contributed by atoms with Gasteiger partial charge in [0.25, 0.3) is 0 Å². The Bertz CT molecular complexity index is 905. The Morgan fingerprint density at radius 3 is 2.39 bits per heavy atom. The van der Waals surface area contributed by atoms with Crippen molar-refractivity contribution in [1.82, 2.24) is 9.80 Å². The Balaban J connectivity index is 1.60. The predicted molar refractivity (Wildman–Crippen MR) is 129 cm³/mol. The Labute approximate surface area is 194 Å². The van der Waals surface area contributed by atoms with Crippen molar-refractivity contribution in [3.05, 3.63) is 76.3 Å². The Morgan fingerprint density at radius 1 is 1.10 bits per heavy atom. The molecule has 164 valence electrons. The Hall–Kier alpha value is -2.40. The van der Waals surface area contributed by atoms with E-state index in [1.54, 1.807) is 6.08 Å². The van der Waals surface area contributed by atoms with Gasteiger partial charge in [-0.15, -0.1) is 0 Å². The van der Waals surface area contributed by atoms with E-state index in [-0.39, 0.29) is 23.8 Å². The molecule has 1 unspecified atom stereocenters. The summed E-state index contributed by atoms with van der Waals surface area (Å²) in [7, 11) is 0. The highest BCUT2D eigenvalue weighted by Gasteiger charge is 2.32. The summed E-state index contributed by atoms with van der Waals surface area (Å²) in [5, 5.41) is 0. The van der Waals surface area contributed by atoms with Crippen LogP contribution in [0.15, 0.2) is 65.1 Å². The molecule has 1 fully saturated rings. The summed E-state index contributed by atoms with van der Waals surface area (Å²) in [4.78, 5) is 29.8. The quantitative estimate of drug-likeness (QED) is 0.474. The number of amides is 2. The first-order chi connectivity index (χ1) is 15.0. The van der Waals surface area contributed by atoms with Gasteiger partial charge in [-0.25, -0.2) is 0 Å². The third-order valence-corrected chi connectivity index (χ3v) is 6.67. The van der Waals surface area contributed by atoms with E-state index < -0.39 is 0 Å². The third-order valence-electron chi connectivity index (χ3n) is 5.94. The normalized spacial score (nSPS) is 15.8. The lowest BCUT2D eigenvalue weighted by Gasteiger charge is -2.36. The van der Waals surface area contributed by atoms with Crippen molar-refractivity contribution in [3.8, 4) is 0 Å². The zero-order valence-corrected chi connectivity index (χ0v) is 19.9. The molecule has 4 nitrogen and oxygen atoms in total. The van der Waals surface area contributed by atoms with Crippen molar-refractivity contribution >= 4 is 33.8 Å². The number of nitrogens with zero attached hydrogens (tertiary/aromatic N) is 2. The van der Waals surface area contributed by atoms with Crippen molar-refractivity contribution in [2.75, 3.05) is 19.6 Å². The fourth-order valence-corrected chi connectivity index (χ4v) is 4.75. The van der Waals surface area contributed by atoms with Crippen LogP contribution < -0.4 is 0 Å². The van der Waals surface area contributed by atoms with Crippen LogP contribution in [0.5, 0.6) is 0 Å². The second-order valence-electron chi connectivity index (χ2n) is 8.07. The van der Waals surface area contributed by atoms with Crippen LogP contribution in [0.3, 0.4) is 0 Å². The first-order valence-corrected chi connectivity index (χ1v) is 11.9. The minimum absolute atomic E-state index is 0.0106. The fourth-order valence-electron chi connectivity index (χ4n) is 4.14. The van der Waals surface area contributed by atoms with E-state index in [0.717, 1.165) is 28.6 Å². The second kappa shape index (κ2) is 11.3. The average Bonchev–Trinajstić information content (AvgIpc) is 2.81. The molecule has 3 rings (SSSR count). The number of piperidine rings is 1. The van der Waals surface area contributed by atoms with Gasteiger partial charge in [0.15, 0.2) is 0 Å². The van der Waals surface area contributed by atoms with Crippen molar-refractivity contribution in [2.24, 2.45) is 5.92 Å². The van der Waals surface area contributed by atoms with Crippen molar-refractivity contribution < 1.29 is 9.59 Å². The van der Waals surface area contributed by atoms with E-state index in [1.807, 2.05) is 64.4 Å². The minimum atomic E-state index is -0.0290. The zero-order chi connectivity index (χ0) is 22.2. The Kier molecular flexibility index (Phi) is 8.47. The number of hydrogen-bond acceptors (Lipinski definition) is 2. The number of benzene rings is 2. The van der Waals surface area contributed by atoms with Gasteiger partial charge in [-0.1, -0.05) is 71.4 Å². The minimum Gasteiger partial charge on any atom is -0.339 e. The zero-order valence-electron chi connectivity index (χ0n) is 18.3. The van der Waals surface area contributed by atoms with Gasteiger partial charge in [0.2, 0.25) is 11.8 Å². The van der Waals surface area contributed by atoms with Crippen LogP contribution in [0.1, 0.15) is 50.3 Å². The van der Waals surface area contributed by atoms with E-state index in [4.69, 9.17) is 0 Å². The van der Waals surface area contributed by atoms with Crippen molar-refractivity contribution in [3.63, 3.8) is 0 Å². The summed E-state index contributed by atoms with van der Waals surface area (Å²) < 4.78 is 1.03. The summed E-state index contributed by atoms with van der Waals surface area (Å²) >= 11 is 3.63. The number of carbonyl (C=O) groups is 2. The highest BCUT2D eigenvalue weighted by molar-refractivity contribution is 9.10. The smallest absolute Gasteiger partial charge is 0.246 e. The highest BCUT2D eigenvalue weighted by Crippen LogP contribution is 2.30. The average molecular weight is 483 g/mol. The number of hydrogen-bond donors (Lipinski definition) is 0. The van der Waals surface area contributed by atoms with Crippen LogP contribution >= 0.6 is 15.9 Å². The molecule has 1 atom stereocenters. The van der Waals surface area contributed by atoms with E-state index >= 15 is 0 Å². The molecule has 0 aromatic heterocycles. The molecular weight excluding hydrogens is 452 g/mol. The predicted octanol–water partition coefficient (Wildman–Crippen LogP) is 5.70. The monoisotopic (exact) mass is 482 g/mol. The number of rotatable bonds is 7. The number of halogens is 1. The van der Waals surface area contributed by atoms with Gasteiger partial charge in [0.1, 0.15) is 0 Å². The molecule has 2 amide bonds. The molecular formula is C26H31BrN2O2. The molecule has 2 aromatic carbocycles. The van der Waals surface area contributed by atoms with Crippen molar-refractivity contribution in [1.29, 1.82) is 0 Å². The third kappa shape index (κ3) is 6.07. The highest BCUT2D eigenvalue weighted by atomic mass is 79.9. The molecule has 1 saturated heterocycles. The van der Waals surface area contributed by atoms with Crippen LogP contribution in [-0.2, 0) is 9.59 Å². The van der Waals surface area contributed by atoms with Crippen LogP contribution in [0.25, 0.3) is 6.08 Å². The van der Waals surface area contributed by atoms with Gasteiger partial charge < -0.3 is 9.80 Å². The molecule has 5 heteroatoms. The first kappa shape index (κ1) is 23.3.